The van der Waals surface area contributed by atoms with Gasteiger partial charge in [0.25, 0.3) is 0 Å². The van der Waals surface area contributed by atoms with Gasteiger partial charge in [0.15, 0.2) is 0 Å². The highest BCUT2D eigenvalue weighted by atomic mass is 16.6. The molecule has 0 radical (unpaired) electrons. The lowest BCUT2D eigenvalue weighted by molar-refractivity contribution is 0.440. The zero-order valence-electron chi connectivity index (χ0n) is 4.55. The van der Waals surface area contributed by atoms with Gasteiger partial charge in [-0.05, 0) is 6.42 Å². The highest BCUT2D eigenvalue weighted by molar-refractivity contribution is 4.94. The number of hydrogen-bond donors (Lipinski definition) is 0. The monoisotopic (exact) mass is 98.1 g/mol. The van der Waals surface area contributed by atoms with Crippen LogP contribution in [-0.2, 0) is 4.74 Å². The molecule has 0 saturated carbocycles. The molecule has 1 atom stereocenters. The zero-order chi connectivity index (χ0) is 5.11. The average Bonchev–Trinajstić information content (AvgIpc) is 2.42. The van der Waals surface area contributed by atoms with Crippen LogP contribution < -0.4 is 0 Å². The van der Waals surface area contributed by atoms with Gasteiger partial charge in [-0.15, -0.1) is 0 Å². The van der Waals surface area contributed by atoms with Gasteiger partial charge in [-0.25, -0.2) is 0 Å². The number of epoxide rings is 1. The summed E-state index contributed by atoms with van der Waals surface area (Å²) in [5.74, 6) is 0. The summed E-state index contributed by atoms with van der Waals surface area (Å²) in [6.45, 7) is 3.06. The maximum absolute atomic E-state index is 4.92. The fourth-order valence-electron chi connectivity index (χ4n) is 0.455. The standard InChI is InChI=1S/C6H10O/c1-2-3-4-6-5-7-6/h3-4,6H,2,5H2,1H3/b4-3-. The number of allylic oxidation sites excluding steroid dienone is 1. The Morgan fingerprint density at radius 1 is 1.86 bits per heavy atom. The molecule has 0 amide bonds. The van der Waals surface area contributed by atoms with Crippen LogP contribution in [-0.4, -0.2) is 12.7 Å². The van der Waals surface area contributed by atoms with Crippen molar-refractivity contribution in [3.8, 4) is 0 Å². The second-order valence-electron chi connectivity index (χ2n) is 1.71. The molecule has 0 aliphatic carbocycles. The maximum atomic E-state index is 4.92. The first-order valence-electron chi connectivity index (χ1n) is 2.71. The molecular formula is C6H10O. The predicted octanol–water partition coefficient (Wildman–Crippen LogP) is 1.35. The summed E-state index contributed by atoms with van der Waals surface area (Å²) in [6, 6.07) is 0. The summed E-state index contributed by atoms with van der Waals surface area (Å²) >= 11 is 0. The SMILES string of the molecule is CC/C=C\C1CO1. The molecule has 40 valence electrons. The molecule has 1 nitrogen and oxygen atoms in total. The second kappa shape index (κ2) is 2.12. The van der Waals surface area contributed by atoms with Crippen molar-refractivity contribution in [3.63, 3.8) is 0 Å². The fraction of sp³-hybridized carbons (Fsp3) is 0.667. The van der Waals surface area contributed by atoms with E-state index in [-0.39, 0.29) is 0 Å². The molecule has 7 heavy (non-hydrogen) atoms. The van der Waals surface area contributed by atoms with Crippen molar-refractivity contribution in [1.29, 1.82) is 0 Å². The Hall–Kier alpha value is -0.300. The first-order valence-corrected chi connectivity index (χ1v) is 2.71. The normalized spacial score (nSPS) is 29.0. The van der Waals surface area contributed by atoms with Crippen LogP contribution >= 0.6 is 0 Å². The maximum Gasteiger partial charge on any atom is 0.0991 e. The fourth-order valence-corrected chi connectivity index (χ4v) is 0.455. The lowest BCUT2D eigenvalue weighted by Crippen LogP contribution is -1.70. The van der Waals surface area contributed by atoms with Gasteiger partial charge in [0.2, 0.25) is 0 Å². The van der Waals surface area contributed by atoms with Crippen LogP contribution in [0.5, 0.6) is 0 Å². The summed E-state index contributed by atoms with van der Waals surface area (Å²) in [5, 5.41) is 0. The van der Waals surface area contributed by atoms with E-state index < -0.39 is 0 Å². The van der Waals surface area contributed by atoms with Gasteiger partial charge < -0.3 is 4.74 Å². The van der Waals surface area contributed by atoms with E-state index in [4.69, 9.17) is 4.74 Å². The van der Waals surface area contributed by atoms with E-state index in [1.807, 2.05) is 0 Å². The Bertz CT molecular complexity index is 72.2. The van der Waals surface area contributed by atoms with Gasteiger partial charge in [-0.2, -0.15) is 0 Å². The highest BCUT2D eigenvalue weighted by Gasteiger charge is 2.17. The van der Waals surface area contributed by atoms with E-state index in [1.165, 1.54) is 0 Å². The minimum absolute atomic E-state index is 0.472. The van der Waals surface area contributed by atoms with Crippen LogP contribution in [0.1, 0.15) is 13.3 Å². The van der Waals surface area contributed by atoms with E-state index >= 15 is 0 Å². The van der Waals surface area contributed by atoms with Crippen molar-refractivity contribution in [1.82, 2.24) is 0 Å². The van der Waals surface area contributed by atoms with Crippen molar-refractivity contribution in [3.05, 3.63) is 12.2 Å². The summed E-state index contributed by atoms with van der Waals surface area (Å²) in [5.41, 5.74) is 0. The van der Waals surface area contributed by atoms with Gasteiger partial charge in [0.05, 0.1) is 12.7 Å². The van der Waals surface area contributed by atoms with Crippen molar-refractivity contribution in [2.75, 3.05) is 6.61 Å². The Morgan fingerprint density at radius 2 is 2.57 bits per heavy atom. The highest BCUT2D eigenvalue weighted by Crippen LogP contribution is 2.09. The molecule has 0 aromatic heterocycles. The van der Waals surface area contributed by atoms with Crippen LogP contribution in [0.4, 0.5) is 0 Å². The molecule has 0 spiro atoms. The summed E-state index contributed by atoms with van der Waals surface area (Å²) in [6.07, 6.45) is 5.84. The Balaban J connectivity index is 2.05. The zero-order valence-corrected chi connectivity index (χ0v) is 4.55. The summed E-state index contributed by atoms with van der Waals surface area (Å²) in [7, 11) is 0. The Kier molecular flexibility index (Phi) is 1.47. The van der Waals surface area contributed by atoms with Gasteiger partial charge in [-0.1, -0.05) is 19.1 Å². The van der Waals surface area contributed by atoms with E-state index in [2.05, 4.69) is 19.1 Å². The second-order valence-corrected chi connectivity index (χ2v) is 1.71. The molecule has 0 aromatic rings. The smallest absolute Gasteiger partial charge is 0.0991 e. The minimum Gasteiger partial charge on any atom is -0.369 e. The van der Waals surface area contributed by atoms with E-state index in [0.29, 0.717) is 6.10 Å². The van der Waals surface area contributed by atoms with Crippen molar-refractivity contribution in [2.45, 2.75) is 19.4 Å². The molecule has 0 bridgehead atoms. The Morgan fingerprint density at radius 3 is 3.00 bits per heavy atom. The first kappa shape index (κ1) is 4.85. The molecule has 1 fully saturated rings. The third-order valence-corrected chi connectivity index (χ3v) is 0.946. The average molecular weight is 98.1 g/mol. The van der Waals surface area contributed by atoms with E-state index in [0.717, 1.165) is 13.0 Å². The Labute approximate surface area is 44.0 Å². The molecule has 1 aliphatic heterocycles. The quantitative estimate of drug-likeness (QED) is 0.375. The van der Waals surface area contributed by atoms with E-state index in [9.17, 15) is 0 Å². The van der Waals surface area contributed by atoms with Crippen LogP contribution in [0.25, 0.3) is 0 Å². The van der Waals surface area contributed by atoms with Crippen molar-refractivity contribution < 1.29 is 4.74 Å². The largest absolute Gasteiger partial charge is 0.369 e. The lowest BCUT2D eigenvalue weighted by atomic mass is 10.3. The van der Waals surface area contributed by atoms with Gasteiger partial charge in [-0.3, -0.25) is 0 Å². The van der Waals surface area contributed by atoms with Crippen LogP contribution in [0.2, 0.25) is 0 Å². The molecule has 1 aliphatic rings. The van der Waals surface area contributed by atoms with Crippen LogP contribution in [0, 0.1) is 0 Å². The third kappa shape index (κ3) is 1.74. The molecular weight excluding hydrogens is 88.1 g/mol. The molecule has 1 unspecified atom stereocenters. The third-order valence-electron chi connectivity index (χ3n) is 0.946. The molecule has 0 aromatic carbocycles. The summed E-state index contributed by atoms with van der Waals surface area (Å²) in [4.78, 5) is 0. The number of rotatable bonds is 2. The topological polar surface area (TPSA) is 12.5 Å². The first-order chi connectivity index (χ1) is 3.43. The van der Waals surface area contributed by atoms with Gasteiger partial charge in [0, 0.05) is 0 Å². The van der Waals surface area contributed by atoms with Gasteiger partial charge >= 0.3 is 0 Å². The minimum atomic E-state index is 0.472. The van der Waals surface area contributed by atoms with Crippen molar-refractivity contribution >= 4 is 0 Å². The summed E-state index contributed by atoms with van der Waals surface area (Å²) < 4.78 is 4.92. The molecule has 1 saturated heterocycles. The predicted molar refractivity (Wildman–Crippen MR) is 29.2 cm³/mol. The molecule has 1 heteroatoms. The molecule has 1 rings (SSSR count). The lowest BCUT2D eigenvalue weighted by Gasteiger charge is -1.73. The van der Waals surface area contributed by atoms with Crippen LogP contribution in [0.15, 0.2) is 12.2 Å². The number of hydrogen-bond acceptors (Lipinski definition) is 1. The molecule has 1 heterocycles. The van der Waals surface area contributed by atoms with E-state index in [1.54, 1.807) is 0 Å². The van der Waals surface area contributed by atoms with Crippen molar-refractivity contribution in [2.24, 2.45) is 0 Å². The van der Waals surface area contributed by atoms with Gasteiger partial charge in [0.1, 0.15) is 0 Å². The van der Waals surface area contributed by atoms with Crippen LogP contribution in [0.3, 0.4) is 0 Å². The number of ether oxygens (including phenoxy) is 1. The molecule has 0 N–H and O–H groups in total.